The number of morpholine rings is 1. The van der Waals surface area contributed by atoms with E-state index in [0.717, 1.165) is 12.1 Å². The first-order chi connectivity index (χ1) is 14.0. The van der Waals surface area contributed by atoms with E-state index >= 15 is 0 Å². The second-order valence-corrected chi connectivity index (χ2v) is 7.09. The Hall–Kier alpha value is -2.68. The normalized spacial score (nSPS) is 17.0. The zero-order valence-corrected chi connectivity index (χ0v) is 16.7. The number of nitrogens with one attached hydrogen (secondary N) is 1. The van der Waals surface area contributed by atoms with E-state index in [1.165, 1.54) is 25.3 Å². The quantitative estimate of drug-likeness (QED) is 0.543. The summed E-state index contributed by atoms with van der Waals surface area (Å²) >= 11 is 5.94. The molecule has 1 amide bonds. The molecule has 29 heavy (non-hydrogen) atoms. The van der Waals surface area contributed by atoms with Crippen LogP contribution in [-0.4, -0.2) is 49.1 Å². The number of non-ortho nitro benzene ring substituents is 1. The van der Waals surface area contributed by atoms with Gasteiger partial charge in [0.05, 0.1) is 36.5 Å². The van der Waals surface area contributed by atoms with Gasteiger partial charge in [-0.25, -0.2) is 0 Å². The Morgan fingerprint density at radius 3 is 2.79 bits per heavy atom. The van der Waals surface area contributed by atoms with Crippen molar-refractivity contribution >= 4 is 28.9 Å². The van der Waals surface area contributed by atoms with E-state index < -0.39 is 4.92 Å². The Morgan fingerprint density at radius 2 is 2.10 bits per heavy atom. The van der Waals surface area contributed by atoms with Gasteiger partial charge in [0.15, 0.2) is 0 Å². The standard InChI is InChI=1S/C20H22ClN3O5/c1-28-18-12-16(24(26)27)6-7-17(18)22-20(25)8-9-23-10-11-29-19(13-23)14-2-4-15(21)5-3-14/h2-7,12,19H,8-11,13H2,1H3,(H,22,25)/t19-/m1/s1. The third-order valence-corrected chi connectivity index (χ3v) is 4.97. The number of benzene rings is 2. The minimum Gasteiger partial charge on any atom is -0.494 e. The van der Waals surface area contributed by atoms with E-state index in [1.54, 1.807) is 0 Å². The van der Waals surface area contributed by atoms with E-state index in [-0.39, 0.29) is 29.9 Å². The van der Waals surface area contributed by atoms with Crippen LogP contribution < -0.4 is 10.1 Å². The average molecular weight is 420 g/mol. The van der Waals surface area contributed by atoms with Crippen molar-refractivity contribution in [2.45, 2.75) is 12.5 Å². The Kier molecular flexibility index (Phi) is 7.03. The molecule has 1 aliphatic heterocycles. The highest BCUT2D eigenvalue weighted by atomic mass is 35.5. The summed E-state index contributed by atoms with van der Waals surface area (Å²) in [6, 6.07) is 11.7. The van der Waals surface area contributed by atoms with Gasteiger partial charge in [-0.1, -0.05) is 23.7 Å². The van der Waals surface area contributed by atoms with Gasteiger partial charge in [0.2, 0.25) is 5.91 Å². The molecule has 154 valence electrons. The van der Waals surface area contributed by atoms with Gasteiger partial charge in [0.1, 0.15) is 5.75 Å². The van der Waals surface area contributed by atoms with Gasteiger partial charge < -0.3 is 14.8 Å². The third-order valence-electron chi connectivity index (χ3n) is 4.72. The number of halogens is 1. The van der Waals surface area contributed by atoms with Crippen LogP contribution in [-0.2, 0) is 9.53 Å². The maximum absolute atomic E-state index is 12.4. The van der Waals surface area contributed by atoms with E-state index in [0.29, 0.717) is 30.4 Å². The number of methoxy groups -OCH3 is 1. The van der Waals surface area contributed by atoms with Crippen LogP contribution in [0.4, 0.5) is 11.4 Å². The fraction of sp³-hybridized carbons (Fsp3) is 0.350. The number of carbonyl (C=O) groups excluding carboxylic acids is 1. The molecule has 3 rings (SSSR count). The van der Waals surface area contributed by atoms with Crippen LogP contribution in [0.3, 0.4) is 0 Å². The average Bonchev–Trinajstić information content (AvgIpc) is 2.73. The van der Waals surface area contributed by atoms with Crippen LogP contribution in [0.25, 0.3) is 0 Å². The monoisotopic (exact) mass is 419 g/mol. The molecule has 0 aliphatic carbocycles. The number of amides is 1. The lowest BCUT2D eigenvalue weighted by atomic mass is 10.1. The summed E-state index contributed by atoms with van der Waals surface area (Å²) < 4.78 is 11.0. The van der Waals surface area contributed by atoms with Crippen molar-refractivity contribution < 1.29 is 19.2 Å². The second-order valence-electron chi connectivity index (χ2n) is 6.65. The highest BCUT2D eigenvalue weighted by molar-refractivity contribution is 6.30. The highest BCUT2D eigenvalue weighted by Gasteiger charge is 2.22. The van der Waals surface area contributed by atoms with E-state index in [2.05, 4.69) is 10.2 Å². The molecule has 2 aromatic rings. The lowest BCUT2D eigenvalue weighted by Gasteiger charge is -2.33. The molecule has 1 N–H and O–H groups in total. The van der Waals surface area contributed by atoms with Crippen molar-refractivity contribution in [1.29, 1.82) is 0 Å². The minimum atomic E-state index is -0.510. The molecule has 2 aromatic carbocycles. The number of rotatable bonds is 7. The Balaban J connectivity index is 1.54. The number of hydrogen-bond acceptors (Lipinski definition) is 6. The molecular formula is C20H22ClN3O5. The molecule has 1 heterocycles. The van der Waals surface area contributed by atoms with E-state index in [4.69, 9.17) is 21.1 Å². The molecule has 0 unspecified atom stereocenters. The fourth-order valence-corrected chi connectivity index (χ4v) is 3.28. The number of nitro groups is 1. The predicted molar refractivity (Wildman–Crippen MR) is 109 cm³/mol. The maximum Gasteiger partial charge on any atom is 0.273 e. The number of ether oxygens (including phenoxy) is 2. The van der Waals surface area contributed by atoms with Gasteiger partial charge in [-0.05, 0) is 23.8 Å². The van der Waals surface area contributed by atoms with Crippen LogP contribution in [0, 0.1) is 10.1 Å². The summed E-state index contributed by atoms with van der Waals surface area (Å²) in [5.41, 5.74) is 1.37. The molecule has 0 spiro atoms. The van der Waals surface area contributed by atoms with E-state index in [1.807, 2.05) is 24.3 Å². The first-order valence-corrected chi connectivity index (χ1v) is 9.56. The number of carbonyl (C=O) groups is 1. The number of nitrogens with zero attached hydrogens (tertiary/aromatic N) is 2. The second kappa shape index (κ2) is 9.69. The van der Waals surface area contributed by atoms with E-state index in [9.17, 15) is 14.9 Å². The van der Waals surface area contributed by atoms with Crippen molar-refractivity contribution in [2.24, 2.45) is 0 Å². The molecule has 1 fully saturated rings. The number of hydrogen-bond donors (Lipinski definition) is 1. The van der Waals surface area contributed by atoms with Crippen molar-refractivity contribution in [2.75, 3.05) is 38.7 Å². The third kappa shape index (κ3) is 5.66. The van der Waals surface area contributed by atoms with Crippen molar-refractivity contribution in [1.82, 2.24) is 4.90 Å². The molecule has 0 radical (unpaired) electrons. The summed E-state index contributed by atoms with van der Waals surface area (Å²) in [5.74, 6) is 0.0633. The van der Waals surface area contributed by atoms with Gasteiger partial charge in [-0.3, -0.25) is 19.8 Å². The number of anilines is 1. The smallest absolute Gasteiger partial charge is 0.273 e. The van der Waals surface area contributed by atoms with Crippen LogP contribution in [0.15, 0.2) is 42.5 Å². The maximum atomic E-state index is 12.4. The van der Waals surface area contributed by atoms with Gasteiger partial charge in [-0.2, -0.15) is 0 Å². The van der Waals surface area contributed by atoms with Gasteiger partial charge in [0.25, 0.3) is 5.69 Å². The predicted octanol–water partition coefficient (Wildman–Crippen LogP) is 3.66. The summed E-state index contributed by atoms with van der Waals surface area (Å²) in [4.78, 5) is 24.9. The summed E-state index contributed by atoms with van der Waals surface area (Å²) in [5, 5.41) is 14.3. The zero-order valence-electron chi connectivity index (χ0n) is 16.0. The van der Waals surface area contributed by atoms with Crippen LogP contribution >= 0.6 is 11.6 Å². The zero-order chi connectivity index (χ0) is 20.8. The van der Waals surface area contributed by atoms with Crippen LogP contribution in [0.2, 0.25) is 5.02 Å². The fourth-order valence-electron chi connectivity index (χ4n) is 3.15. The molecule has 9 heteroatoms. The molecule has 1 atom stereocenters. The van der Waals surface area contributed by atoms with Gasteiger partial charge >= 0.3 is 0 Å². The molecule has 1 aliphatic rings. The highest BCUT2D eigenvalue weighted by Crippen LogP contribution is 2.29. The molecule has 0 saturated carbocycles. The summed E-state index contributed by atoms with van der Waals surface area (Å²) in [7, 11) is 1.40. The topological polar surface area (TPSA) is 93.9 Å². The molecule has 1 saturated heterocycles. The van der Waals surface area contributed by atoms with Crippen LogP contribution in [0.5, 0.6) is 5.75 Å². The lowest BCUT2D eigenvalue weighted by molar-refractivity contribution is -0.384. The summed E-state index contributed by atoms with van der Waals surface area (Å²) in [6.45, 7) is 2.60. The molecule has 0 aromatic heterocycles. The van der Waals surface area contributed by atoms with Gasteiger partial charge in [-0.15, -0.1) is 0 Å². The Bertz CT molecular complexity index is 875. The van der Waals surface area contributed by atoms with Crippen LogP contribution in [0.1, 0.15) is 18.1 Å². The minimum absolute atomic E-state index is 0.0566. The largest absolute Gasteiger partial charge is 0.494 e. The van der Waals surface area contributed by atoms with Gasteiger partial charge in [0, 0.05) is 37.1 Å². The van der Waals surface area contributed by atoms with Crippen molar-refractivity contribution in [3.8, 4) is 5.75 Å². The lowest BCUT2D eigenvalue weighted by Crippen LogP contribution is -2.39. The van der Waals surface area contributed by atoms with Crippen molar-refractivity contribution in [3.05, 3.63) is 63.2 Å². The first-order valence-electron chi connectivity index (χ1n) is 9.18. The number of nitro benzene ring substituents is 1. The Morgan fingerprint density at radius 1 is 1.34 bits per heavy atom. The molecular weight excluding hydrogens is 398 g/mol. The SMILES string of the molecule is COc1cc([N+](=O)[O-])ccc1NC(=O)CCN1CCO[C@@H](c2ccc(Cl)cc2)C1. The summed E-state index contributed by atoms with van der Waals surface area (Å²) in [6.07, 6.45) is 0.229. The van der Waals surface area contributed by atoms with Crippen molar-refractivity contribution in [3.63, 3.8) is 0 Å². The molecule has 8 nitrogen and oxygen atoms in total. The Labute approximate surface area is 173 Å². The molecule has 0 bridgehead atoms. The first kappa shape index (κ1) is 21.0.